The lowest BCUT2D eigenvalue weighted by Crippen LogP contribution is -2.62. The van der Waals surface area contributed by atoms with Gasteiger partial charge >= 0.3 is 18.0 Å². The topological polar surface area (TPSA) is 92.7 Å². The molecule has 0 spiro atoms. The first-order valence-electron chi connectivity index (χ1n) is 14.5. The number of nitrogens with zero attached hydrogens (tertiary/aromatic N) is 1. The second-order valence-electron chi connectivity index (χ2n) is 10.8. The van der Waals surface area contributed by atoms with Gasteiger partial charge in [0.1, 0.15) is 18.6 Å². The van der Waals surface area contributed by atoms with E-state index in [1.54, 1.807) is 7.05 Å². The predicted octanol–water partition coefficient (Wildman–Crippen LogP) is 6.71. The molecule has 1 unspecified atom stereocenters. The second-order valence-corrected chi connectivity index (χ2v) is 10.8. The number of carboxylic acids is 1. The summed E-state index contributed by atoms with van der Waals surface area (Å²) < 4.78 is 4.93. The van der Waals surface area contributed by atoms with Crippen LogP contribution in [0.25, 0.3) is 0 Å². The summed E-state index contributed by atoms with van der Waals surface area (Å²) >= 11 is 0. The molecule has 7 nitrogen and oxygen atoms in total. The molecule has 0 heterocycles. The van der Waals surface area contributed by atoms with Crippen LogP contribution in [0.15, 0.2) is 121 Å². The Morgan fingerprint density at radius 1 is 0.744 bits per heavy atom. The van der Waals surface area contributed by atoms with Gasteiger partial charge in [-0.3, -0.25) is 0 Å². The zero-order valence-corrected chi connectivity index (χ0v) is 24.6. The maximum atomic E-state index is 14.9. The number of carboxylic acid groups (broad SMARTS) is 1. The number of carbonyl (C=O) groups is 3. The minimum Gasteiger partial charge on any atom is -0.477 e. The van der Waals surface area contributed by atoms with E-state index in [2.05, 4.69) is 5.32 Å². The van der Waals surface area contributed by atoms with Crippen molar-refractivity contribution in [1.29, 1.82) is 0 Å². The van der Waals surface area contributed by atoms with Crippen molar-refractivity contribution < 1.29 is 28.7 Å². The third-order valence-corrected chi connectivity index (χ3v) is 8.14. The molecule has 2 amide bonds. The Hall–Kier alpha value is -4.75. The van der Waals surface area contributed by atoms with Crippen molar-refractivity contribution in [3.63, 3.8) is 0 Å². The summed E-state index contributed by atoms with van der Waals surface area (Å²) in [6, 6.07) is 36.4. The number of hydrogen-bond donors (Lipinski definition) is 2. The number of alkyl carbamates (subject to hydrolysis) is 1. The molecule has 3 atom stereocenters. The summed E-state index contributed by atoms with van der Waals surface area (Å²) in [6.45, 7) is 2.27. The zero-order valence-electron chi connectivity index (χ0n) is 24.6. The molecular weight excluding hydrogens is 540 g/mol. The van der Waals surface area contributed by atoms with E-state index in [4.69, 9.17) is 4.74 Å². The van der Waals surface area contributed by atoms with Crippen molar-refractivity contribution in [3.8, 4) is 0 Å². The third kappa shape index (κ3) is 7.76. The predicted molar refractivity (Wildman–Crippen MR) is 166 cm³/mol. The molecular formula is C36H39N2O5+. The fraction of sp³-hybridized carbons (Fsp3) is 0.250. The molecule has 4 aromatic carbocycles. The minimum atomic E-state index is -1.07. The largest absolute Gasteiger partial charge is 0.477 e. The van der Waals surface area contributed by atoms with Gasteiger partial charge in [-0.2, -0.15) is 0 Å². The third-order valence-electron chi connectivity index (χ3n) is 8.14. The lowest BCUT2D eigenvalue weighted by molar-refractivity contribution is -0.882. The highest BCUT2D eigenvalue weighted by atomic mass is 16.5. The van der Waals surface area contributed by atoms with E-state index in [-0.39, 0.29) is 30.0 Å². The van der Waals surface area contributed by atoms with E-state index in [0.29, 0.717) is 6.42 Å². The molecule has 0 aliphatic heterocycles. The Labute approximate surface area is 253 Å². The van der Waals surface area contributed by atoms with Crippen LogP contribution in [0.1, 0.15) is 54.0 Å². The van der Waals surface area contributed by atoms with E-state index in [1.165, 1.54) is 0 Å². The number of aliphatic carboxylic acids is 1. The fourth-order valence-electron chi connectivity index (χ4n) is 5.58. The SMILES string of the molecule is CC(c1ccccc1)[N@@+](C)(C(=O)C(c1ccccc1)c1ccccc1)[C@H](CCCNC(=O)OCc1ccccc1)C(=O)O. The number of amides is 2. The van der Waals surface area contributed by atoms with Gasteiger partial charge in [-0.05, 0) is 30.0 Å². The van der Waals surface area contributed by atoms with Gasteiger partial charge in [0.25, 0.3) is 0 Å². The summed E-state index contributed by atoms with van der Waals surface area (Å²) in [6.07, 6.45) is -0.0549. The summed E-state index contributed by atoms with van der Waals surface area (Å²) in [5.74, 6) is -1.95. The molecule has 222 valence electrons. The van der Waals surface area contributed by atoms with Crippen LogP contribution in [-0.2, 0) is 20.9 Å². The van der Waals surface area contributed by atoms with Crippen molar-refractivity contribution >= 4 is 18.0 Å². The Balaban J connectivity index is 1.60. The molecule has 4 rings (SSSR count). The van der Waals surface area contributed by atoms with Gasteiger partial charge in [0.15, 0.2) is 6.04 Å². The van der Waals surface area contributed by atoms with Crippen molar-refractivity contribution in [2.45, 2.75) is 44.4 Å². The van der Waals surface area contributed by atoms with Crippen LogP contribution in [-0.4, -0.2) is 47.2 Å². The van der Waals surface area contributed by atoms with Gasteiger partial charge in [-0.15, -0.1) is 0 Å². The highest BCUT2D eigenvalue weighted by molar-refractivity contribution is 5.85. The van der Waals surface area contributed by atoms with Crippen molar-refractivity contribution in [2.24, 2.45) is 0 Å². The van der Waals surface area contributed by atoms with Crippen molar-refractivity contribution in [1.82, 2.24) is 5.32 Å². The van der Waals surface area contributed by atoms with Crippen LogP contribution in [0, 0.1) is 0 Å². The molecule has 0 saturated heterocycles. The van der Waals surface area contributed by atoms with Crippen LogP contribution in [0.4, 0.5) is 4.79 Å². The van der Waals surface area contributed by atoms with Crippen LogP contribution in [0.2, 0.25) is 0 Å². The number of hydrogen-bond acceptors (Lipinski definition) is 4. The average molecular weight is 580 g/mol. The van der Waals surface area contributed by atoms with E-state index in [1.807, 2.05) is 128 Å². The van der Waals surface area contributed by atoms with Gasteiger partial charge in [0.2, 0.25) is 0 Å². The van der Waals surface area contributed by atoms with E-state index in [0.717, 1.165) is 22.3 Å². The molecule has 0 fully saturated rings. The van der Waals surface area contributed by atoms with Gasteiger partial charge in [0.05, 0.1) is 7.05 Å². The zero-order chi connectivity index (χ0) is 30.7. The number of ether oxygens (including phenoxy) is 1. The molecule has 4 aromatic rings. The molecule has 0 bridgehead atoms. The molecule has 0 aromatic heterocycles. The number of benzene rings is 4. The number of likely N-dealkylation sites (N-methyl/N-ethyl adjacent to an activating group) is 1. The molecule has 0 radical (unpaired) electrons. The molecule has 2 N–H and O–H groups in total. The molecule has 0 aliphatic carbocycles. The number of rotatable bonds is 13. The molecule has 0 saturated carbocycles. The Bertz CT molecular complexity index is 1430. The first-order chi connectivity index (χ1) is 20.8. The van der Waals surface area contributed by atoms with Gasteiger partial charge in [0, 0.05) is 18.5 Å². The van der Waals surface area contributed by atoms with E-state index < -0.39 is 30.1 Å². The normalized spacial score (nSPS) is 13.8. The average Bonchev–Trinajstić information content (AvgIpc) is 3.05. The van der Waals surface area contributed by atoms with Gasteiger partial charge < -0.3 is 15.2 Å². The Kier molecular flexibility index (Phi) is 10.8. The standard InChI is InChI=1S/C36H38N2O5/c1-27(29-18-9-4-10-19-29)38(2,34(39)33(30-20-11-5-12-21-30)31-22-13-6-14-23-31)32(35(40)41)24-15-25-37-36(42)43-26-28-16-7-3-8-17-28/h3-14,16-23,27,32-33H,15,24-26H2,1-2H3,(H-,37,40,41,42)/p+1/t27?,32-,38-/m1/s1. The smallest absolute Gasteiger partial charge is 0.407 e. The molecule has 7 heteroatoms. The molecule has 43 heavy (non-hydrogen) atoms. The monoisotopic (exact) mass is 579 g/mol. The summed E-state index contributed by atoms with van der Waals surface area (Å²) in [4.78, 5) is 40.2. The minimum absolute atomic E-state index is 0.142. The second kappa shape index (κ2) is 14.9. The number of carbonyl (C=O) groups excluding carboxylic acids is 2. The lowest BCUT2D eigenvalue weighted by atomic mass is 9.86. The van der Waals surface area contributed by atoms with Gasteiger partial charge in [-0.1, -0.05) is 121 Å². The van der Waals surface area contributed by atoms with Crippen molar-refractivity contribution in [3.05, 3.63) is 144 Å². The quantitative estimate of drug-likeness (QED) is 0.136. The maximum Gasteiger partial charge on any atom is 0.407 e. The van der Waals surface area contributed by atoms with Crippen LogP contribution in [0.3, 0.4) is 0 Å². The van der Waals surface area contributed by atoms with Crippen LogP contribution >= 0.6 is 0 Å². The molecule has 0 aliphatic rings. The van der Waals surface area contributed by atoms with Crippen molar-refractivity contribution in [2.75, 3.05) is 13.6 Å². The summed E-state index contributed by atoms with van der Waals surface area (Å²) in [7, 11) is 1.74. The highest BCUT2D eigenvalue weighted by Gasteiger charge is 2.51. The first kappa shape index (κ1) is 31.2. The van der Waals surface area contributed by atoms with E-state index in [9.17, 15) is 19.5 Å². The fourth-order valence-corrected chi connectivity index (χ4v) is 5.58. The summed E-state index contributed by atoms with van der Waals surface area (Å²) in [5, 5.41) is 13.3. The lowest BCUT2D eigenvalue weighted by Gasteiger charge is -2.44. The van der Waals surface area contributed by atoms with E-state index >= 15 is 0 Å². The van der Waals surface area contributed by atoms with Crippen LogP contribution in [0.5, 0.6) is 0 Å². The Morgan fingerprint density at radius 2 is 1.21 bits per heavy atom. The number of quaternary nitrogens is 1. The Morgan fingerprint density at radius 3 is 1.70 bits per heavy atom. The summed E-state index contributed by atoms with van der Waals surface area (Å²) in [5.41, 5.74) is 3.34. The highest BCUT2D eigenvalue weighted by Crippen LogP contribution is 2.38. The van der Waals surface area contributed by atoms with Gasteiger partial charge in [-0.25, -0.2) is 18.9 Å². The maximum absolute atomic E-state index is 14.9. The first-order valence-corrected chi connectivity index (χ1v) is 14.5. The number of nitrogens with one attached hydrogen (secondary N) is 1. The van der Waals surface area contributed by atoms with Crippen LogP contribution < -0.4 is 5.32 Å².